The van der Waals surface area contributed by atoms with Gasteiger partial charge in [-0.15, -0.1) is 0 Å². The SMILES string of the molecule is COc1ccc(Cl)cc1NC(=O)COC(=O)COc1ccc(/C=C2\SC(=S)N(c3cccc(C(F)(F)F)c3)C2=O)cc1OC. The Morgan fingerprint density at radius 1 is 1.00 bits per heavy atom. The van der Waals surface area contributed by atoms with Gasteiger partial charge in [-0.05, 0) is 60.2 Å². The van der Waals surface area contributed by atoms with Crippen molar-refractivity contribution in [2.24, 2.45) is 0 Å². The number of nitrogens with zero attached hydrogens (tertiary/aromatic N) is 1. The van der Waals surface area contributed by atoms with Crippen molar-refractivity contribution in [3.63, 3.8) is 0 Å². The lowest BCUT2D eigenvalue weighted by molar-refractivity contribution is -0.149. The van der Waals surface area contributed by atoms with E-state index < -0.39 is 42.7 Å². The minimum absolute atomic E-state index is 0.000565. The molecule has 0 aromatic heterocycles. The first kappa shape index (κ1) is 32.6. The van der Waals surface area contributed by atoms with Crippen molar-refractivity contribution >= 4 is 75.1 Å². The van der Waals surface area contributed by atoms with Crippen LogP contribution >= 0.6 is 35.6 Å². The molecule has 1 heterocycles. The van der Waals surface area contributed by atoms with Crippen LogP contribution in [0.5, 0.6) is 17.2 Å². The van der Waals surface area contributed by atoms with Gasteiger partial charge in [0.2, 0.25) is 0 Å². The van der Waals surface area contributed by atoms with Gasteiger partial charge in [-0.3, -0.25) is 14.5 Å². The molecule has 1 N–H and O–H groups in total. The number of carbonyl (C=O) groups excluding carboxylic acids is 3. The van der Waals surface area contributed by atoms with Crippen molar-refractivity contribution < 1.29 is 46.5 Å². The maximum atomic E-state index is 13.2. The highest BCUT2D eigenvalue weighted by atomic mass is 35.5. The number of hydrogen-bond donors (Lipinski definition) is 1. The molecule has 15 heteroatoms. The minimum Gasteiger partial charge on any atom is -0.495 e. The Kier molecular flexibility index (Phi) is 10.4. The second kappa shape index (κ2) is 14.0. The largest absolute Gasteiger partial charge is 0.495 e. The molecule has 0 spiro atoms. The molecule has 4 rings (SSSR count). The number of hydrogen-bond acceptors (Lipinski definition) is 9. The molecule has 1 fully saturated rings. The van der Waals surface area contributed by atoms with Crippen LogP contribution in [0, 0.1) is 0 Å². The number of anilines is 2. The fourth-order valence-electron chi connectivity index (χ4n) is 3.84. The first-order valence-electron chi connectivity index (χ1n) is 12.4. The number of carbonyl (C=O) groups is 3. The summed E-state index contributed by atoms with van der Waals surface area (Å²) in [5, 5.41) is 2.91. The van der Waals surface area contributed by atoms with E-state index in [9.17, 15) is 27.6 Å². The van der Waals surface area contributed by atoms with Gasteiger partial charge in [0.1, 0.15) is 5.75 Å². The lowest BCUT2D eigenvalue weighted by atomic mass is 10.1. The number of esters is 1. The highest BCUT2D eigenvalue weighted by Crippen LogP contribution is 2.39. The fraction of sp³-hybridized carbons (Fsp3) is 0.172. The van der Waals surface area contributed by atoms with Crippen LogP contribution in [-0.2, 0) is 25.3 Å². The average Bonchev–Trinajstić information content (AvgIpc) is 3.26. The Morgan fingerprint density at radius 2 is 1.73 bits per heavy atom. The zero-order valence-corrected chi connectivity index (χ0v) is 25.3. The maximum Gasteiger partial charge on any atom is 0.416 e. The summed E-state index contributed by atoms with van der Waals surface area (Å²) in [6.45, 7) is -1.13. The minimum atomic E-state index is -4.58. The molecule has 1 aliphatic rings. The molecule has 0 bridgehead atoms. The number of benzene rings is 3. The van der Waals surface area contributed by atoms with Crippen LogP contribution in [0.4, 0.5) is 24.5 Å². The van der Waals surface area contributed by atoms with Gasteiger partial charge in [-0.25, -0.2) is 4.79 Å². The lowest BCUT2D eigenvalue weighted by Crippen LogP contribution is -2.27. The van der Waals surface area contributed by atoms with Gasteiger partial charge in [-0.1, -0.05) is 47.7 Å². The van der Waals surface area contributed by atoms with Crippen molar-refractivity contribution in [1.29, 1.82) is 0 Å². The van der Waals surface area contributed by atoms with Crippen molar-refractivity contribution in [3.05, 3.63) is 81.7 Å². The summed E-state index contributed by atoms with van der Waals surface area (Å²) in [6.07, 6.45) is -3.08. The molecule has 1 saturated heterocycles. The van der Waals surface area contributed by atoms with E-state index in [0.29, 0.717) is 22.0 Å². The molecule has 1 aliphatic heterocycles. The predicted octanol–water partition coefficient (Wildman–Crippen LogP) is 6.34. The first-order valence-corrected chi connectivity index (χ1v) is 14.0. The molecule has 0 saturated carbocycles. The predicted molar refractivity (Wildman–Crippen MR) is 163 cm³/mol. The van der Waals surface area contributed by atoms with Crippen molar-refractivity contribution in [3.8, 4) is 17.2 Å². The lowest BCUT2D eigenvalue weighted by Gasteiger charge is -2.16. The number of amides is 2. The topological polar surface area (TPSA) is 103 Å². The summed E-state index contributed by atoms with van der Waals surface area (Å²) in [4.78, 5) is 38.7. The van der Waals surface area contributed by atoms with Crippen LogP contribution < -0.4 is 24.4 Å². The number of ether oxygens (including phenoxy) is 4. The van der Waals surface area contributed by atoms with Gasteiger partial charge < -0.3 is 24.3 Å². The van der Waals surface area contributed by atoms with Crippen LogP contribution in [0.25, 0.3) is 6.08 Å². The normalized spacial score (nSPS) is 14.0. The average molecular weight is 667 g/mol. The summed E-state index contributed by atoms with van der Waals surface area (Å²) in [7, 11) is 2.79. The monoisotopic (exact) mass is 666 g/mol. The molecule has 0 radical (unpaired) electrons. The Morgan fingerprint density at radius 3 is 2.43 bits per heavy atom. The smallest absolute Gasteiger partial charge is 0.416 e. The van der Waals surface area contributed by atoms with Crippen LogP contribution in [0.1, 0.15) is 11.1 Å². The van der Waals surface area contributed by atoms with E-state index in [1.807, 2.05) is 0 Å². The molecule has 9 nitrogen and oxygen atoms in total. The second-order valence-corrected chi connectivity index (χ2v) is 10.9. The van der Waals surface area contributed by atoms with Crippen molar-refractivity contribution in [2.75, 3.05) is 37.7 Å². The van der Waals surface area contributed by atoms with E-state index in [4.69, 9.17) is 42.8 Å². The molecule has 0 unspecified atom stereocenters. The van der Waals surface area contributed by atoms with Crippen LogP contribution in [0.15, 0.2) is 65.6 Å². The third-order valence-corrected chi connectivity index (χ3v) is 7.39. The molecular weight excluding hydrogens is 645 g/mol. The molecular formula is C29H22ClF3N2O7S2. The van der Waals surface area contributed by atoms with Crippen LogP contribution in [-0.4, -0.2) is 49.5 Å². The summed E-state index contributed by atoms with van der Waals surface area (Å²) in [5.74, 6) is -1.28. The third-order valence-electron chi connectivity index (χ3n) is 5.86. The Hall–Kier alpha value is -4.27. The highest BCUT2D eigenvalue weighted by molar-refractivity contribution is 8.27. The van der Waals surface area contributed by atoms with Gasteiger partial charge in [0.15, 0.2) is 29.0 Å². The standard InChI is InChI=1S/C29H22ClF3N2O7S2/c1-39-21-9-7-18(30)13-20(21)34-25(36)14-42-26(37)15-41-22-8-6-16(10-23(22)40-2)11-24-27(38)35(28(43)44-24)19-5-3-4-17(12-19)29(31,32)33/h3-13H,14-15H2,1-2H3,(H,34,36)/b24-11-. The van der Waals surface area contributed by atoms with E-state index in [2.05, 4.69) is 5.32 Å². The number of methoxy groups -OCH3 is 2. The number of alkyl halides is 3. The number of halogens is 4. The molecule has 0 aliphatic carbocycles. The van der Waals surface area contributed by atoms with Crippen molar-refractivity contribution in [1.82, 2.24) is 0 Å². The summed E-state index contributed by atoms with van der Waals surface area (Å²) >= 11 is 12.1. The molecule has 3 aromatic carbocycles. The maximum absolute atomic E-state index is 13.2. The zero-order chi connectivity index (χ0) is 32.0. The van der Waals surface area contributed by atoms with Gasteiger partial charge in [-0.2, -0.15) is 13.2 Å². The van der Waals surface area contributed by atoms with Crippen molar-refractivity contribution in [2.45, 2.75) is 6.18 Å². The molecule has 3 aromatic rings. The quantitative estimate of drug-likeness (QED) is 0.151. The number of thioether (sulfide) groups is 1. The number of thiocarbonyl (C=S) groups is 1. The van der Waals surface area contributed by atoms with E-state index in [-0.39, 0.29) is 26.4 Å². The molecule has 44 heavy (non-hydrogen) atoms. The number of nitrogens with one attached hydrogen (secondary N) is 1. The van der Waals surface area contributed by atoms with E-state index in [1.54, 1.807) is 18.2 Å². The van der Waals surface area contributed by atoms with Gasteiger partial charge in [0, 0.05) is 5.02 Å². The summed E-state index contributed by atoms with van der Waals surface area (Å²) in [6, 6.07) is 13.6. The molecule has 0 atom stereocenters. The Bertz CT molecular complexity index is 1650. The highest BCUT2D eigenvalue weighted by Gasteiger charge is 2.36. The van der Waals surface area contributed by atoms with E-state index in [0.717, 1.165) is 28.8 Å². The van der Waals surface area contributed by atoms with E-state index in [1.165, 1.54) is 50.6 Å². The zero-order valence-electron chi connectivity index (χ0n) is 22.9. The Balaban J connectivity index is 1.36. The van der Waals surface area contributed by atoms with Gasteiger partial charge in [0.05, 0.1) is 36.1 Å². The molecule has 2 amide bonds. The van der Waals surface area contributed by atoms with Crippen LogP contribution in [0.3, 0.4) is 0 Å². The second-order valence-electron chi connectivity index (χ2n) is 8.82. The summed E-state index contributed by atoms with van der Waals surface area (Å²) < 4.78 is 60.5. The Labute approximate surface area is 263 Å². The van der Waals surface area contributed by atoms with Gasteiger partial charge >= 0.3 is 12.1 Å². The fourth-order valence-corrected chi connectivity index (χ4v) is 5.32. The third kappa shape index (κ3) is 8.01. The summed E-state index contributed by atoms with van der Waals surface area (Å²) in [5.41, 5.74) is -0.103. The van der Waals surface area contributed by atoms with E-state index >= 15 is 0 Å². The van der Waals surface area contributed by atoms with Gasteiger partial charge in [0.25, 0.3) is 11.8 Å². The molecule has 230 valence electrons. The number of rotatable bonds is 10. The first-order chi connectivity index (χ1) is 20.9. The van der Waals surface area contributed by atoms with Crippen LogP contribution in [0.2, 0.25) is 5.02 Å².